The van der Waals surface area contributed by atoms with Crippen molar-refractivity contribution >= 4 is 5.69 Å². The van der Waals surface area contributed by atoms with Crippen molar-refractivity contribution in [3.8, 4) is 5.75 Å². The van der Waals surface area contributed by atoms with E-state index in [0.29, 0.717) is 36.4 Å². The number of aromatic nitrogens is 2. The molecule has 2 aromatic rings. The zero-order chi connectivity index (χ0) is 15.4. The molecule has 0 aliphatic rings. The van der Waals surface area contributed by atoms with Crippen molar-refractivity contribution in [3.05, 3.63) is 56.1 Å². The molecule has 1 aromatic heterocycles. The fourth-order valence-electron chi connectivity index (χ4n) is 1.92. The van der Waals surface area contributed by atoms with Crippen molar-refractivity contribution < 1.29 is 4.74 Å². The number of aromatic amines is 1. The Labute approximate surface area is 122 Å². The number of nitrogens with zero attached hydrogens (tertiary/aromatic N) is 1. The number of anilines is 1. The molecule has 0 aliphatic heterocycles. The molecule has 112 valence electrons. The first-order valence-electron chi connectivity index (χ1n) is 6.77. The summed E-state index contributed by atoms with van der Waals surface area (Å²) >= 11 is 0. The Bertz CT molecular complexity index is 729. The summed E-state index contributed by atoms with van der Waals surface area (Å²) < 4.78 is 6.87. The largest absolute Gasteiger partial charge is 0.494 e. The van der Waals surface area contributed by atoms with Crippen LogP contribution in [0.25, 0.3) is 0 Å². The van der Waals surface area contributed by atoms with Crippen molar-refractivity contribution in [2.45, 2.75) is 26.8 Å². The van der Waals surface area contributed by atoms with Crippen LogP contribution in [-0.2, 0) is 6.54 Å². The van der Waals surface area contributed by atoms with Gasteiger partial charge in [-0.25, -0.2) is 4.68 Å². The molecule has 0 unspecified atom stereocenters. The predicted molar refractivity (Wildman–Crippen MR) is 81.8 cm³/mol. The second-order valence-corrected chi connectivity index (χ2v) is 4.92. The Morgan fingerprint density at radius 1 is 1.14 bits per heavy atom. The van der Waals surface area contributed by atoms with Crippen molar-refractivity contribution in [1.82, 2.24) is 9.78 Å². The SMILES string of the molecule is Cc1c(C)c(=O)n(CCCOc2ccc(N)cc2)[nH]c1=O. The molecule has 0 atom stereocenters. The first kappa shape index (κ1) is 14.9. The summed E-state index contributed by atoms with van der Waals surface area (Å²) in [6, 6.07) is 7.11. The number of ether oxygens (including phenoxy) is 1. The van der Waals surface area contributed by atoms with Gasteiger partial charge in [0.05, 0.1) is 6.61 Å². The smallest absolute Gasteiger partial charge is 0.268 e. The molecule has 0 fully saturated rings. The third-order valence-electron chi connectivity index (χ3n) is 3.38. The van der Waals surface area contributed by atoms with Gasteiger partial charge in [0.2, 0.25) is 0 Å². The highest BCUT2D eigenvalue weighted by Crippen LogP contribution is 2.13. The van der Waals surface area contributed by atoms with E-state index < -0.39 is 0 Å². The summed E-state index contributed by atoms with van der Waals surface area (Å²) in [4.78, 5) is 23.6. The quantitative estimate of drug-likeness (QED) is 0.639. The summed E-state index contributed by atoms with van der Waals surface area (Å²) in [5, 5.41) is 2.57. The van der Waals surface area contributed by atoms with E-state index in [1.54, 1.807) is 38.1 Å². The first-order valence-corrected chi connectivity index (χ1v) is 6.77. The van der Waals surface area contributed by atoms with E-state index in [4.69, 9.17) is 10.5 Å². The van der Waals surface area contributed by atoms with Crippen LogP contribution in [0.4, 0.5) is 5.69 Å². The van der Waals surface area contributed by atoms with E-state index in [9.17, 15) is 9.59 Å². The molecular weight excluding hydrogens is 270 g/mol. The normalized spacial score (nSPS) is 10.6. The fraction of sp³-hybridized carbons (Fsp3) is 0.333. The molecule has 3 N–H and O–H groups in total. The van der Waals surface area contributed by atoms with Gasteiger partial charge in [-0.05, 0) is 38.1 Å². The van der Waals surface area contributed by atoms with E-state index in [-0.39, 0.29) is 11.1 Å². The second-order valence-electron chi connectivity index (χ2n) is 4.92. The Balaban J connectivity index is 1.94. The van der Waals surface area contributed by atoms with Gasteiger partial charge in [0.1, 0.15) is 5.75 Å². The van der Waals surface area contributed by atoms with Gasteiger partial charge in [0.25, 0.3) is 11.1 Å². The maximum Gasteiger partial charge on any atom is 0.268 e. The van der Waals surface area contributed by atoms with E-state index in [1.807, 2.05) is 0 Å². The summed E-state index contributed by atoms with van der Waals surface area (Å²) in [6.45, 7) is 4.16. The van der Waals surface area contributed by atoms with Gasteiger partial charge in [-0.15, -0.1) is 0 Å². The molecule has 6 heteroatoms. The number of aryl methyl sites for hydroxylation is 1. The topological polar surface area (TPSA) is 90.1 Å². The Hall–Kier alpha value is -2.50. The zero-order valence-corrected chi connectivity index (χ0v) is 12.2. The molecule has 0 radical (unpaired) electrons. The molecule has 0 bridgehead atoms. The number of nitrogen functional groups attached to an aromatic ring is 1. The molecular formula is C15H19N3O3. The summed E-state index contributed by atoms with van der Waals surface area (Å²) in [6.07, 6.45) is 0.614. The van der Waals surface area contributed by atoms with Crippen molar-refractivity contribution in [3.63, 3.8) is 0 Å². The molecule has 1 aromatic carbocycles. The lowest BCUT2D eigenvalue weighted by atomic mass is 10.2. The number of nitrogens with two attached hydrogens (primary N) is 1. The third-order valence-corrected chi connectivity index (χ3v) is 3.38. The molecule has 0 saturated carbocycles. The summed E-state index contributed by atoms with van der Waals surface area (Å²) in [7, 11) is 0. The number of nitrogens with one attached hydrogen (secondary N) is 1. The average Bonchev–Trinajstić information content (AvgIpc) is 2.48. The molecule has 0 amide bonds. The van der Waals surface area contributed by atoms with Crippen LogP contribution in [0.3, 0.4) is 0 Å². The van der Waals surface area contributed by atoms with E-state index in [0.717, 1.165) is 5.75 Å². The third kappa shape index (κ3) is 3.53. The zero-order valence-electron chi connectivity index (χ0n) is 12.2. The lowest BCUT2D eigenvalue weighted by Gasteiger charge is -2.09. The van der Waals surface area contributed by atoms with Crippen molar-refractivity contribution in [1.29, 1.82) is 0 Å². The van der Waals surface area contributed by atoms with Gasteiger partial charge in [-0.3, -0.25) is 14.7 Å². The first-order chi connectivity index (χ1) is 9.99. The van der Waals surface area contributed by atoms with Gasteiger partial charge < -0.3 is 10.5 Å². The Morgan fingerprint density at radius 2 is 1.81 bits per heavy atom. The molecule has 6 nitrogen and oxygen atoms in total. The van der Waals surface area contributed by atoms with Gasteiger partial charge in [0.15, 0.2) is 0 Å². The predicted octanol–water partition coefficient (Wildman–Crippen LogP) is 1.20. The summed E-state index contributed by atoms with van der Waals surface area (Å²) in [5.74, 6) is 0.727. The van der Waals surface area contributed by atoms with E-state index in [1.165, 1.54) is 4.68 Å². The van der Waals surface area contributed by atoms with Gasteiger partial charge in [0, 0.05) is 29.8 Å². The number of hydrogen-bond acceptors (Lipinski definition) is 4. The lowest BCUT2D eigenvalue weighted by molar-refractivity contribution is 0.296. The van der Waals surface area contributed by atoms with Crippen LogP contribution in [-0.4, -0.2) is 16.4 Å². The van der Waals surface area contributed by atoms with E-state index >= 15 is 0 Å². The van der Waals surface area contributed by atoms with E-state index in [2.05, 4.69) is 5.10 Å². The lowest BCUT2D eigenvalue weighted by Crippen LogP contribution is -2.33. The monoisotopic (exact) mass is 289 g/mol. The molecule has 0 aliphatic carbocycles. The van der Waals surface area contributed by atoms with Crippen molar-refractivity contribution in [2.24, 2.45) is 0 Å². The number of hydrogen-bond donors (Lipinski definition) is 2. The van der Waals surface area contributed by atoms with Crippen LogP contribution >= 0.6 is 0 Å². The number of benzene rings is 1. The highest BCUT2D eigenvalue weighted by atomic mass is 16.5. The van der Waals surface area contributed by atoms with Gasteiger partial charge >= 0.3 is 0 Å². The van der Waals surface area contributed by atoms with Gasteiger partial charge in [-0.1, -0.05) is 0 Å². The second kappa shape index (κ2) is 6.30. The highest BCUT2D eigenvalue weighted by molar-refractivity contribution is 5.41. The highest BCUT2D eigenvalue weighted by Gasteiger charge is 2.06. The maximum atomic E-state index is 12.0. The van der Waals surface area contributed by atoms with Crippen LogP contribution in [0, 0.1) is 13.8 Å². The number of rotatable bonds is 5. The minimum absolute atomic E-state index is 0.167. The Morgan fingerprint density at radius 3 is 2.48 bits per heavy atom. The van der Waals surface area contributed by atoms with Crippen LogP contribution in [0.15, 0.2) is 33.9 Å². The van der Waals surface area contributed by atoms with Crippen LogP contribution in [0.5, 0.6) is 5.75 Å². The molecule has 0 saturated heterocycles. The average molecular weight is 289 g/mol. The minimum atomic E-state index is -0.230. The van der Waals surface area contributed by atoms with Crippen LogP contribution in [0.2, 0.25) is 0 Å². The molecule has 0 spiro atoms. The van der Waals surface area contributed by atoms with Crippen LogP contribution in [0.1, 0.15) is 17.5 Å². The van der Waals surface area contributed by atoms with Gasteiger partial charge in [-0.2, -0.15) is 0 Å². The molecule has 2 rings (SSSR count). The standard InChI is InChI=1S/C15H19N3O3/c1-10-11(2)15(20)18(17-14(10)19)8-3-9-21-13-6-4-12(16)5-7-13/h4-7H,3,8-9,16H2,1-2H3,(H,17,19). The fourth-order valence-corrected chi connectivity index (χ4v) is 1.92. The maximum absolute atomic E-state index is 12.0. The molecule has 1 heterocycles. The number of H-pyrrole nitrogens is 1. The van der Waals surface area contributed by atoms with Crippen LogP contribution < -0.4 is 21.6 Å². The minimum Gasteiger partial charge on any atom is -0.494 e. The molecule has 21 heavy (non-hydrogen) atoms. The van der Waals surface area contributed by atoms with Crippen molar-refractivity contribution in [2.75, 3.05) is 12.3 Å². The summed E-state index contributed by atoms with van der Waals surface area (Å²) in [5.41, 5.74) is 6.82. The Kier molecular flexibility index (Phi) is 4.47.